The van der Waals surface area contributed by atoms with Crippen LogP contribution >= 0.6 is 0 Å². The Balaban J connectivity index is 1.36. The normalized spacial score (nSPS) is 17.6. The molecule has 0 spiro atoms. The van der Waals surface area contributed by atoms with Crippen molar-refractivity contribution in [3.05, 3.63) is 59.4 Å². The van der Waals surface area contributed by atoms with Crippen LogP contribution in [0.25, 0.3) is 0 Å². The van der Waals surface area contributed by atoms with Crippen LogP contribution in [0.3, 0.4) is 0 Å². The lowest BCUT2D eigenvalue weighted by Gasteiger charge is -2.37. The topological polar surface area (TPSA) is 32.8 Å². The summed E-state index contributed by atoms with van der Waals surface area (Å²) in [6.07, 6.45) is 4.92. The van der Waals surface area contributed by atoms with E-state index in [0.29, 0.717) is 19.5 Å². The van der Waals surface area contributed by atoms with Crippen molar-refractivity contribution in [2.24, 2.45) is 0 Å². The molecule has 0 saturated carbocycles. The molecule has 154 valence electrons. The van der Waals surface area contributed by atoms with E-state index >= 15 is 0 Å². The number of anilines is 1. The monoisotopic (exact) mass is 396 g/mol. The number of ether oxygens (including phenoxy) is 1. The van der Waals surface area contributed by atoms with Crippen molar-refractivity contribution in [1.29, 1.82) is 0 Å². The van der Waals surface area contributed by atoms with Crippen molar-refractivity contribution >= 4 is 11.6 Å². The smallest absolute Gasteiger partial charge is 0.263 e. The van der Waals surface area contributed by atoms with E-state index in [2.05, 4.69) is 17.0 Å². The summed E-state index contributed by atoms with van der Waals surface area (Å²) < 4.78 is 19.3. The van der Waals surface area contributed by atoms with Crippen LogP contribution in [0.1, 0.15) is 37.3 Å². The number of piperazine rings is 1. The van der Waals surface area contributed by atoms with Gasteiger partial charge in [0.15, 0.2) is 6.10 Å². The number of benzene rings is 2. The molecule has 1 amide bonds. The van der Waals surface area contributed by atoms with Crippen LogP contribution in [-0.2, 0) is 17.6 Å². The first-order valence-electron chi connectivity index (χ1n) is 10.7. The zero-order valence-corrected chi connectivity index (χ0v) is 17.1. The summed E-state index contributed by atoms with van der Waals surface area (Å²) in [7, 11) is 0. The van der Waals surface area contributed by atoms with Crippen molar-refractivity contribution in [1.82, 2.24) is 4.90 Å². The molecule has 1 aliphatic heterocycles. The summed E-state index contributed by atoms with van der Waals surface area (Å²) >= 11 is 0. The third-order valence-corrected chi connectivity index (χ3v) is 6.03. The van der Waals surface area contributed by atoms with Crippen molar-refractivity contribution in [2.75, 3.05) is 31.1 Å². The number of amides is 1. The van der Waals surface area contributed by atoms with E-state index in [0.717, 1.165) is 37.4 Å². The number of aryl methyl sites for hydroxylation is 2. The number of carbonyl (C=O) groups excluding carboxylic acids is 1. The van der Waals surface area contributed by atoms with Crippen LogP contribution in [0.4, 0.5) is 10.1 Å². The van der Waals surface area contributed by atoms with Crippen LogP contribution in [0.5, 0.6) is 5.75 Å². The summed E-state index contributed by atoms with van der Waals surface area (Å²) in [4.78, 5) is 17.1. The molecular weight excluding hydrogens is 367 g/mol. The maximum atomic E-state index is 13.1. The molecule has 2 aromatic carbocycles. The van der Waals surface area contributed by atoms with Crippen LogP contribution in [0.15, 0.2) is 42.5 Å². The molecule has 1 atom stereocenters. The van der Waals surface area contributed by atoms with Gasteiger partial charge in [0.05, 0.1) is 0 Å². The maximum Gasteiger partial charge on any atom is 0.263 e. The van der Waals surface area contributed by atoms with Crippen LogP contribution < -0.4 is 9.64 Å². The van der Waals surface area contributed by atoms with Crippen molar-refractivity contribution in [2.45, 2.75) is 45.1 Å². The van der Waals surface area contributed by atoms with Gasteiger partial charge in [-0.1, -0.05) is 13.0 Å². The van der Waals surface area contributed by atoms with Crippen molar-refractivity contribution < 1.29 is 13.9 Å². The predicted molar refractivity (Wildman–Crippen MR) is 113 cm³/mol. The number of nitrogens with zero attached hydrogens (tertiary/aromatic N) is 2. The molecule has 2 aliphatic rings. The fourth-order valence-electron chi connectivity index (χ4n) is 4.30. The number of halogens is 1. The first kappa shape index (κ1) is 19.7. The van der Waals surface area contributed by atoms with Gasteiger partial charge in [-0.05, 0) is 79.6 Å². The molecule has 2 aromatic rings. The summed E-state index contributed by atoms with van der Waals surface area (Å²) in [5.41, 5.74) is 3.78. The minimum absolute atomic E-state index is 0.0592. The zero-order chi connectivity index (χ0) is 20.2. The average Bonchev–Trinajstić information content (AvgIpc) is 2.77. The minimum Gasteiger partial charge on any atom is -0.481 e. The molecule has 29 heavy (non-hydrogen) atoms. The Morgan fingerprint density at radius 1 is 1.00 bits per heavy atom. The molecule has 0 radical (unpaired) electrons. The zero-order valence-electron chi connectivity index (χ0n) is 17.1. The van der Waals surface area contributed by atoms with E-state index in [1.165, 1.54) is 36.1 Å². The molecule has 1 fully saturated rings. The van der Waals surface area contributed by atoms with E-state index in [9.17, 15) is 9.18 Å². The number of carbonyl (C=O) groups is 1. The highest BCUT2D eigenvalue weighted by Gasteiger charge is 2.28. The molecule has 0 unspecified atom stereocenters. The van der Waals surface area contributed by atoms with Crippen LogP contribution in [-0.4, -0.2) is 43.1 Å². The first-order chi connectivity index (χ1) is 14.1. The van der Waals surface area contributed by atoms with Gasteiger partial charge in [0.25, 0.3) is 5.91 Å². The number of hydrogen-bond acceptors (Lipinski definition) is 3. The Morgan fingerprint density at radius 3 is 2.38 bits per heavy atom. The SMILES string of the molecule is CC[C@H](Oc1ccc2c(c1)CCCC2)C(=O)N1CCN(c2ccc(F)cc2)CC1. The fourth-order valence-corrected chi connectivity index (χ4v) is 4.30. The summed E-state index contributed by atoms with van der Waals surface area (Å²) in [5, 5.41) is 0. The second-order valence-electron chi connectivity index (χ2n) is 7.94. The molecule has 4 rings (SSSR count). The lowest BCUT2D eigenvalue weighted by Crippen LogP contribution is -2.52. The molecule has 1 aliphatic carbocycles. The Hall–Kier alpha value is -2.56. The van der Waals surface area contributed by atoms with E-state index in [4.69, 9.17) is 4.74 Å². The lowest BCUT2D eigenvalue weighted by atomic mass is 9.92. The molecule has 0 N–H and O–H groups in total. The molecule has 1 heterocycles. The van der Waals surface area contributed by atoms with Gasteiger partial charge in [-0.3, -0.25) is 4.79 Å². The van der Waals surface area contributed by atoms with Gasteiger partial charge in [0, 0.05) is 31.9 Å². The van der Waals surface area contributed by atoms with Crippen molar-refractivity contribution in [3.8, 4) is 5.75 Å². The number of fused-ring (bicyclic) bond motifs is 1. The van der Waals surface area contributed by atoms with Crippen LogP contribution in [0, 0.1) is 5.82 Å². The molecular formula is C24H29FN2O2. The third-order valence-electron chi connectivity index (χ3n) is 6.03. The Bertz CT molecular complexity index is 844. The third kappa shape index (κ3) is 4.55. The van der Waals surface area contributed by atoms with E-state index < -0.39 is 6.10 Å². The Kier molecular flexibility index (Phi) is 6.02. The summed E-state index contributed by atoms with van der Waals surface area (Å²) in [6, 6.07) is 12.8. The van der Waals surface area contributed by atoms with Gasteiger partial charge < -0.3 is 14.5 Å². The second kappa shape index (κ2) is 8.85. The summed E-state index contributed by atoms with van der Waals surface area (Å²) in [6.45, 7) is 4.79. The molecule has 5 heteroatoms. The van der Waals surface area contributed by atoms with Gasteiger partial charge in [-0.15, -0.1) is 0 Å². The van der Waals surface area contributed by atoms with Crippen molar-refractivity contribution in [3.63, 3.8) is 0 Å². The van der Waals surface area contributed by atoms with Gasteiger partial charge >= 0.3 is 0 Å². The van der Waals surface area contributed by atoms with Gasteiger partial charge in [0.2, 0.25) is 0 Å². The number of hydrogen-bond donors (Lipinski definition) is 0. The highest BCUT2D eigenvalue weighted by molar-refractivity contribution is 5.81. The fraction of sp³-hybridized carbons (Fsp3) is 0.458. The molecule has 0 bridgehead atoms. The highest BCUT2D eigenvalue weighted by Crippen LogP contribution is 2.26. The number of rotatable bonds is 5. The van der Waals surface area contributed by atoms with Crippen LogP contribution in [0.2, 0.25) is 0 Å². The standard InChI is InChI=1S/C24H29FN2O2/c1-2-23(29-22-12-7-18-5-3-4-6-19(18)17-22)24(28)27-15-13-26(14-16-27)21-10-8-20(25)9-11-21/h7-12,17,23H,2-6,13-16H2,1H3/t23-/m0/s1. The lowest BCUT2D eigenvalue weighted by molar-refractivity contribution is -0.139. The molecule has 0 aromatic heterocycles. The average molecular weight is 397 g/mol. The Labute approximate surface area is 172 Å². The molecule has 4 nitrogen and oxygen atoms in total. The predicted octanol–water partition coefficient (Wildman–Crippen LogP) is 4.21. The molecule has 1 saturated heterocycles. The first-order valence-corrected chi connectivity index (χ1v) is 10.7. The maximum absolute atomic E-state index is 13.1. The van der Waals surface area contributed by atoms with E-state index in [1.807, 2.05) is 17.9 Å². The summed E-state index contributed by atoms with van der Waals surface area (Å²) in [5.74, 6) is 0.632. The highest BCUT2D eigenvalue weighted by atomic mass is 19.1. The van der Waals surface area contributed by atoms with Gasteiger partial charge in [-0.2, -0.15) is 0 Å². The largest absolute Gasteiger partial charge is 0.481 e. The van der Waals surface area contributed by atoms with E-state index in [-0.39, 0.29) is 11.7 Å². The van der Waals surface area contributed by atoms with E-state index in [1.54, 1.807) is 12.1 Å². The minimum atomic E-state index is -0.450. The van der Waals surface area contributed by atoms with Gasteiger partial charge in [0.1, 0.15) is 11.6 Å². The van der Waals surface area contributed by atoms with Gasteiger partial charge in [-0.25, -0.2) is 4.39 Å². The second-order valence-corrected chi connectivity index (χ2v) is 7.94. The Morgan fingerprint density at radius 2 is 1.69 bits per heavy atom. The quantitative estimate of drug-likeness (QED) is 0.759.